The Morgan fingerprint density at radius 1 is 1.45 bits per heavy atom. The van der Waals surface area contributed by atoms with Crippen molar-refractivity contribution >= 4 is 5.91 Å². The molecule has 5 nitrogen and oxygen atoms in total. The first kappa shape index (κ1) is 16.5. The van der Waals surface area contributed by atoms with Crippen molar-refractivity contribution < 1.29 is 4.79 Å². The molecule has 0 N–H and O–H groups in total. The first-order valence-corrected chi connectivity index (χ1v) is 8.07. The molecule has 1 aliphatic rings. The molecule has 0 spiro atoms. The van der Waals surface area contributed by atoms with Crippen molar-refractivity contribution in [3.8, 4) is 6.07 Å². The summed E-state index contributed by atoms with van der Waals surface area (Å²) in [5, 5.41) is 13.6. The number of nitrogens with zero attached hydrogens (tertiary/aromatic N) is 4. The van der Waals surface area contributed by atoms with Gasteiger partial charge in [0.05, 0.1) is 18.3 Å². The lowest BCUT2D eigenvalue weighted by Gasteiger charge is -2.34. The van der Waals surface area contributed by atoms with Crippen LogP contribution in [0.4, 0.5) is 0 Å². The summed E-state index contributed by atoms with van der Waals surface area (Å²) in [4.78, 5) is 14.1. The number of carbonyl (C=O) groups is 1. The van der Waals surface area contributed by atoms with Gasteiger partial charge in [0, 0.05) is 19.3 Å². The van der Waals surface area contributed by atoms with E-state index in [4.69, 9.17) is 5.26 Å². The molecule has 0 unspecified atom stereocenters. The molecule has 2 rings (SSSR count). The van der Waals surface area contributed by atoms with E-state index < -0.39 is 5.41 Å². The number of carbonyl (C=O) groups excluding carboxylic acids is 1. The van der Waals surface area contributed by atoms with Gasteiger partial charge in [-0.25, -0.2) is 0 Å². The van der Waals surface area contributed by atoms with Gasteiger partial charge >= 0.3 is 0 Å². The van der Waals surface area contributed by atoms with Gasteiger partial charge in [-0.3, -0.25) is 9.48 Å². The fourth-order valence-electron chi connectivity index (χ4n) is 2.93. The first-order valence-electron chi connectivity index (χ1n) is 8.07. The highest BCUT2D eigenvalue weighted by Crippen LogP contribution is 2.26. The fourth-order valence-corrected chi connectivity index (χ4v) is 2.93. The molecule has 1 amide bonds. The Morgan fingerprint density at radius 3 is 2.64 bits per heavy atom. The Kier molecular flexibility index (Phi) is 4.90. The minimum Gasteiger partial charge on any atom is -0.341 e. The van der Waals surface area contributed by atoms with Crippen LogP contribution in [0.15, 0.2) is 12.4 Å². The van der Waals surface area contributed by atoms with Gasteiger partial charge in [-0.15, -0.1) is 0 Å². The minimum absolute atomic E-state index is 0.0607. The van der Waals surface area contributed by atoms with Crippen LogP contribution in [0.5, 0.6) is 0 Å². The minimum atomic E-state index is -0.928. The van der Waals surface area contributed by atoms with Crippen LogP contribution >= 0.6 is 0 Å². The second-order valence-corrected chi connectivity index (χ2v) is 7.19. The number of hydrogen-bond donors (Lipinski definition) is 0. The highest BCUT2D eigenvalue weighted by Gasteiger charge is 2.34. The SMILES string of the molecule is CC(C)Cc1cnn(C2CCN(C(=O)C(C)(C)C#N)CC2)c1. The second kappa shape index (κ2) is 6.51. The number of aromatic nitrogens is 2. The van der Waals surface area contributed by atoms with E-state index in [1.54, 1.807) is 13.8 Å². The van der Waals surface area contributed by atoms with E-state index in [0.29, 0.717) is 25.0 Å². The smallest absolute Gasteiger partial charge is 0.242 e. The van der Waals surface area contributed by atoms with E-state index >= 15 is 0 Å². The molecule has 120 valence electrons. The number of amides is 1. The monoisotopic (exact) mass is 302 g/mol. The Morgan fingerprint density at radius 2 is 2.09 bits per heavy atom. The van der Waals surface area contributed by atoms with Crippen LogP contribution < -0.4 is 0 Å². The van der Waals surface area contributed by atoms with E-state index in [-0.39, 0.29) is 5.91 Å². The van der Waals surface area contributed by atoms with Crippen molar-refractivity contribution in [3.05, 3.63) is 18.0 Å². The molecule has 1 saturated heterocycles. The molecule has 5 heteroatoms. The number of piperidine rings is 1. The average Bonchev–Trinajstić information content (AvgIpc) is 2.94. The second-order valence-electron chi connectivity index (χ2n) is 7.19. The summed E-state index contributed by atoms with van der Waals surface area (Å²) in [6, 6.07) is 2.45. The van der Waals surface area contributed by atoms with Gasteiger partial charge in [0.1, 0.15) is 5.41 Å². The van der Waals surface area contributed by atoms with Crippen molar-refractivity contribution in [2.24, 2.45) is 11.3 Å². The lowest BCUT2D eigenvalue weighted by Crippen LogP contribution is -2.45. The number of rotatable bonds is 4. The third kappa shape index (κ3) is 3.68. The molecule has 22 heavy (non-hydrogen) atoms. The maximum atomic E-state index is 12.3. The fraction of sp³-hybridized carbons (Fsp3) is 0.706. The Bertz CT molecular complexity index is 559. The zero-order valence-electron chi connectivity index (χ0n) is 14.0. The third-order valence-corrected chi connectivity index (χ3v) is 4.24. The van der Waals surface area contributed by atoms with Gasteiger partial charge in [0.15, 0.2) is 0 Å². The standard InChI is InChI=1S/C17H26N4O/c1-13(2)9-14-10-19-21(11-14)15-5-7-20(8-6-15)16(22)17(3,4)12-18/h10-11,13,15H,5-9H2,1-4H3. The van der Waals surface area contributed by atoms with Gasteiger partial charge in [-0.05, 0) is 44.6 Å². The molecule has 2 heterocycles. The zero-order valence-corrected chi connectivity index (χ0v) is 14.0. The number of likely N-dealkylation sites (tertiary alicyclic amines) is 1. The van der Waals surface area contributed by atoms with E-state index in [2.05, 4.69) is 35.9 Å². The van der Waals surface area contributed by atoms with Gasteiger partial charge in [0.25, 0.3) is 0 Å². The van der Waals surface area contributed by atoms with Crippen LogP contribution in [-0.2, 0) is 11.2 Å². The maximum absolute atomic E-state index is 12.3. The van der Waals surface area contributed by atoms with Crippen LogP contribution in [0.25, 0.3) is 0 Å². The molecular weight excluding hydrogens is 276 g/mol. The summed E-state index contributed by atoms with van der Waals surface area (Å²) in [6.45, 7) is 9.19. The van der Waals surface area contributed by atoms with Crippen molar-refractivity contribution in [1.29, 1.82) is 5.26 Å². The Hall–Kier alpha value is -1.83. The van der Waals surface area contributed by atoms with Crippen molar-refractivity contribution in [1.82, 2.24) is 14.7 Å². The van der Waals surface area contributed by atoms with Gasteiger partial charge in [0.2, 0.25) is 5.91 Å². The van der Waals surface area contributed by atoms with Crippen LogP contribution in [0, 0.1) is 22.7 Å². The molecule has 1 fully saturated rings. The topological polar surface area (TPSA) is 61.9 Å². The number of nitriles is 1. The summed E-state index contributed by atoms with van der Waals surface area (Å²) in [5.74, 6) is 0.569. The number of hydrogen-bond acceptors (Lipinski definition) is 3. The molecule has 1 aromatic rings. The van der Waals surface area contributed by atoms with E-state index in [1.165, 1.54) is 5.56 Å². The largest absolute Gasteiger partial charge is 0.341 e. The van der Waals surface area contributed by atoms with Gasteiger partial charge < -0.3 is 4.90 Å². The lowest BCUT2D eigenvalue weighted by atomic mass is 9.92. The summed E-state index contributed by atoms with van der Waals surface area (Å²) in [7, 11) is 0. The van der Waals surface area contributed by atoms with Crippen LogP contribution in [0.2, 0.25) is 0 Å². The summed E-state index contributed by atoms with van der Waals surface area (Å²) < 4.78 is 2.05. The molecule has 1 aromatic heterocycles. The van der Waals surface area contributed by atoms with E-state index in [9.17, 15) is 4.79 Å². The Balaban J connectivity index is 1.94. The molecule has 0 bridgehead atoms. The lowest BCUT2D eigenvalue weighted by molar-refractivity contribution is -0.138. The molecule has 0 atom stereocenters. The molecule has 0 aliphatic carbocycles. The first-order chi connectivity index (χ1) is 10.3. The summed E-state index contributed by atoms with van der Waals surface area (Å²) in [6.07, 6.45) is 6.94. The van der Waals surface area contributed by atoms with Crippen molar-refractivity contribution in [2.45, 2.75) is 53.0 Å². The van der Waals surface area contributed by atoms with Crippen LogP contribution in [0.1, 0.15) is 52.1 Å². The molecular formula is C17H26N4O. The predicted octanol–water partition coefficient (Wildman–Crippen LogP) is 2.79. The normalized spacial score (nSPS) is 16.8. The summed E-state index contributed by atoms with van der Waals surface area (Å²) >= 11 is 0. The van der Waals surface area contributed by atoms with Crippen molar-refractivity contribution in [2.75, 3.05) is 13.1 Å². The maximum Gasteiger partial charge on any atom is 0.242 e. The molecule has 1 aliphatic heterocycles. The zero-order chi connectivity index (χ0) is 16.3. The average molecular weight is 302 g/mol. The molecule has 0 saturated carbocycles. The van der Waals surface area contributed by atoms with E-state index in [1.807, 2.05) is 11.1 Å². The predicted molar refractivity (Wildman–Crippen MR) is 85.0 cm³/mol. The van der Waals surface area contributed by atoms with Gasteiger partial charge in [-0.2, -0.15) is 10.4 Å². The van der Waals surface area contributed by atoms with Gasteiger partial charge in [-0.1, -0.05) is 13.8 Å². The van der Waals surface area contributed by atoms with E-state index in [0.717, 1.165) is 19.3 Å². The van der Waals surface area contributed by atoms with Crippen molar-refractivity contribution in [3.63, 3.8) is 0 Å². The highest BCUT2D eigenvalue weighted by atomic mass is 16.2. The van der Waals surface area contributed by atoms with Crippen LogP contribution in [0.3, 0.4) is 0 Å². The molecule has 0 aromatic carbocycles. The Labute approximate surface area is 132 Å². The quantitative estimate of drug-likeness (QED) is 0.859. The highest BCUT2D eigenvalue weighted by molar-refractivity contribution is 5.84. The molecule has 0 radical (unpaired) electrons. The van der Waals surface area contributed by atoms with Crippen LogP contribution in [-0.4, -0.2) is 33.7 Å². The summed E-state index contributed by atoms with van der Waals surface area (Å²) in [5.41, 5.74) is 0.349. The third-order valence-electron chi connectivity index (χ3n) is 4.24.